The minimum Gasteiger partial charge on any atom is -0.478 e. The number of hydrogen-bond acceptors (Lipinski definition) is 8. The van der Waals surface area contributed by atoms with Gasteiger partial charge in [0.05, 0.1) is 48.0 Å². The summed E-state index contributed by atoms with van der Waals surface area (Å²) in [4.78, 5) is 39.0. The van der Waals surface area contributed by atoms with Gasteiger partial charge in [0, 0.05) is 10.5 Å². The van der Waals surface area contributed by atoms with Crippen LogP contribution < -0.4 is 15.4 Å². The van der Waals surface area contributed by atoms with E-state index in [-0.39, 0.29) is 57.3 Å². The quantitative estimate of drug-likeness (QED) is 0.111. The van der Waals surface area contributed by atoms with Crippen LogP contribution in [0.4, 0.5) is 5.82 Å². The van der Waals surface area contributed by atoms with Crippen LogP contribution in [0, 0.1) is 0 Å². The fourth-order valence-electron chi connectivity index (χ4n) is 6.91. The zero-order chi connectivity index (χ0) is 38.1. The molecule has 4 atom stereocenters. The van der Waals surface area contributed by atoms with Crippen LogP contribution in [0.25, 0.3) is 0 Å². The van der Waals surface area contributed by atoms with Crippen molar-refractivity contribution in [2.45, 2.75) is 100 Å². The predicted molar refractivity (Wildman–Crippen MR) is 204 cm³/mol. The first kappa shape index (κ1) is 39.1. The molecule has 0 aliphatic heterocycles. The number of halogens is 1. The number of nitrogens with zero attached hydrogens (tertiary/aromatic N) is 2. The van der Waals surface area contributed by atoms with Crippen molar-refractivity contribution >= 4 is 49.6 Å². The number of benzene rings is 3. The Morgan fingerprint density at radius 2 is 1.33 bits per heavy atom. The second-order valence-corrected chi connectivity index (χ2v) is 16.2. The number of aromatic nitrogens is 2. The molecule has 15 heteroatoms. The Hall–Kier alpha value is -4.57. The van der Waals surface area contributed by atoms with Crippen LogP contribution in [-0.4, -0.2) is 65.4 Å². The molecule has 286 valence electrons. The summed E-state index contributed by atoms with van der Waals surface area (Å²) >= 11 is 3.13. The SMILES string of the molecule is O=C(Cn1nc(NS(=O)(=O)c2ccc(Br)c(C(=O)O)c2)cc1C(=O)N[C@H]1CCCC[C@@H]1OCc1ccccc1)N[C@H]1CCCC[C@@H]1OCc1ccccc1. The molecule has 0 radical (unpaired) electrons. The number of amides is 2. The van der Waals surface area contributed by atoms with Gasteiger partial charge in [0.2, 0.25) is 5.91 Å². The van der Waals surface area contributed by atoms with Crippen LogP contribution in [0.5, 0.6) is 0 Å². The van der Waals surface area contributed by atoms with Gasteiger partial charge in [-0.15, -0.1) is 0 Å². The number of rotatable bonds is 15. The summed E-state index contributed by atoms with van der Waals surface area (Å²) in [6.07, 6.45) is 6.23. The van der Waals surface area contributed by atoms with Crippen molar-refractivity contribution in [1.29, 1.82) is 0 Å². The van der Waals surface area contributed by atoms with E-state index < -0.39 is 27.8 Å². The Labute approximate surface area is 323 Å². The largest absolute Gasteiger partial charge is 0.478 e. The van der Waals surface area contributed by atoms with E-state index in [0.717, 1.165) is 62.1 Å². The van der Waals surface area contributed by atoms with Crippen molar-refractivity contribution in [1.82, 2.24) is 20.4 Å². The monoisotopic (exact) mass is 821 g/mol. The number of hydrogen-bond donors (Lipinski definition) is 4. The number of aromatic carboxylic acids is 1. The maximum absolute atomic E-state index is 14.0. The molecular weight excluding hydrogens is 778 g/mol. The highest BCUT2D eigenvalue weighted by Gasteiger charge is 2.31. The minimum atomic E-state index is -4.35. The first-order valence-electron chi connectivity index (χ1n) is 18.1. The van der Waals surface area contributed by atoms with Crippen LogP contribution in [0.1, 0.15) is 83.3 Å². The summed E-state index contributed by atoms with van der Waals surface area (Å²) in [6.45, 7) is 0.430. The highest BCUT2D eigenvalue weighted by molar-refractivity contribution is 9.10. The van der Waals surface area contributed by atoms with Crippen molar-refractivity contribution in [3.63, 3.8) is 0 Å². The summed E-state index contributed by atoms with van der Waals surface area (Å²) in [5, 5.41) is 20.0. The van der Waals surface area contributed by atoms with Crippen molar-refractivity contribution in [3.8, 4) is 0 Å². The zero-order valence-electron chi connectivity index (χ0n) is 29.7. The van der Waals surface area contributed by atoms with E-state index in [9.17, 15) is 27.9 Å². The first-order valence-corrected chi connectivity index (χ1v) is 20.4. The van der Waals surface area contributed by atoms with E-state index >= 15 is 0 Å². The summed E-state index contributed by atoms with van der Waals surface area (Å²) in [6, 6.07) is 23.9. The van der Waals surface area contributed by atoms with Crippen molar-refractivity contribution in [2.75, 3.05) is 4.72 Å². The van der Waals surface area contributed by atoms with Crippen LogP contribution in [0.2, 0.25) is 0 Å². The maximum atomic E-state index is 14.0. The van der Waals surface area contributed by atoms with Gasteiger partial charge in [0.25, 0.3) is 15.9 Å². The third kappa shape index (κ3) is 10.3. The third-order valence-corrected chi connectivity index (χ3v) is 11.7. The lowest BCUT2D eigenvalue weighted by Gasteiger charge is -2.32. The van der Waals surface area contributed by atoms with Crippen LogP contribution >= 0.6 is 15.9 Å². The Morgan fingerprint density at radius 3 is 1.91 bits per heavy atom. The van der Waals surface area contributed by atoms with Crippen molar-refractivity contribution < 1.29 is 37.4 Å². The van der Waals surface area contributed by atoms with E-state index in [1.165, 1.54) is 22.9 Å². The Bertz CT molecular complexity index is 2030. The molecule has 54 heavy (non-hydrogen) atoms. The Balaban J connectivity index is 1.20. The predicted octanol–water partition coefficient (Wildman–Crippen LogP) is 6.05. The number of carboxylic acids is 1. The first-order chi connectivity index (χ1) is 26.1. The van der Waals surface area contributed by atoms with Crippen LogP contribution in [0.3, 0.4) is 0 Å². The van der Waals surface area contributed by atoms with Gasteiger partial charge in [-0.3, -0.25) is 14.3 Å². The summed E-state index contributed by atoms with van der Waals surface area (Å²) in [5.41, 5.74) is 1.77. The van der Waals surface area contributed by atoms with Crippen LogP contribution in [-0.2, 0) is 44.1 Å². The van der Waals surface area contributed by atoms with Gasteiger partial charge in [-0.1, -0.05) is 86.3 Å². The number of nitrogens with one attached hydrogen (secondary N) is 3. The molecule has 0 saturated heterocycles. The second-order valence-electron chi connectivity index (χ2n) is 13.6. The highest BCUT2D eigenvalue weighted by Crippen LogP contribution is 2.26. The number of carbonyl (C=O) groups is 3. The normalized spacial score (nSPS) is 20.2. The van der Waals surface area contributed by atoms with E-state index in [4.69, 9.17) is 9.47 Å². The summed E-state index contributed by atoms with van der Waals surface area (Å²) in [5.74, 6) is -2.48. The molecule has 0 unspecified atom stereocenters. The zero-order valence-corrected chi connectivity index (χ0v) is 32.1. The lowest BCUT2D eigenvalue weighted by atomic mass is 9.92. The Morgan fingerprint density at radius 1 is 0.778 bits per heavy atom. The molecule has 4 N–H and O–H groups in total. The topological polar surface area (TPSA) is 178 Å². The molecule has 3 aromatic carbocycles. The molecule has 4 aromatic rings. The van der Waals surface area contributed by atoms with Gasteiger partial charge in [-0.05, 0) is 70.9 Å². The van der Waals surface area contributed by atoms with E-state index in [2.05, 4.69) is 36.4 Å². The van der Waals surface area contributed by atoms with E-state index in [0.29, 0.717) is 19.6 Å². The molecular formula is C39H44BrN5O8S. The van der Waals surface area contributed by atoms with Gasteiger partial charge in [0.1, 0.15) is 12.2 Å². The van der Waals surface area contributed by atoms with Gasteiger partial charge in [-0.2, -0.15) is 5.10 Å². The van der Waals surface area contributed by atoms with Gasteiger partial charge in [0.15, 0.2) is 5.82 Å². The standard InChI is InChI=1S/C39H44BrN5O8S/c40-30-20-19-28(21-29(30)39(48)49)54(50,51)44-36-22-33(38(47)42-32-16-8-10-18-35(32)53-25-27-13-5-2-6-14-27)45(43-36)23-37(46)41-31-15-7-9-17-34(31)52-24-26-11-3-1-4-12-26/h1-6,11-14,19-22,31-32,34-35H,7-10,15-18,23-25H2,(H,41,46)(H,42,47)(H,43,44)(H,48,49)/t31-,32-,34-,35-/m0/s1. The van der Waals surface area contributed by atoms with E-state index in [1.807, 2.05) is 60.7 Å². The number of sulfonamides is 1. The van der Waals surface area contributed by atoms with Gasteiger partial charge in [-0.25, -0.2) is 17.9 Å². The van der Waals surface area contributed by atoms with Crippen molar-refractivity contribution in [3.05, 3.63) is 112 Å². The second kappa shape index (κ2) is 18.2. The summed E-state index contributed by atoms with van der Waals surface area (Å²) in [7, 11) is -4.35. The smallest absolute Gasteiger partial charge is 0.336 e. The lowest BCUT2D eigenvalue weighted by Crippen LogP contribution is -2.48. The van der Waals surface area contributed by atoms with Gasteiger partial charge >= 0.3 is 5.97 Å². The molecule has 2 aliphatic rings. The highest BCUT2D eigenvalue weighted by atomic mass is 79.9. The summed E-state index contributed by atoms with van der Waals surface area (Å²) < 4.78 is 43.1. The van der Waals surface area contributed by atoms with Gasteiger partial charge < -0.3 is 25.2 Å². The fraction of sp³-hybridized carbons (Fsp3) is 0.385. The average molecular weight is 823 g/mol. The lowest BCUT2D eigenvalue weighted by molar-refractivity contribution is -0.124. The molecule has 2 saturated carbocycles. The average Bonchev–Trinajstić information content (AvgIpc) is 3.55. The third-order valence-electron chi connectivity index (χ3n) is 9.71. The molecule has 0 bridgehead atoms. The number of carbonyl (C=O) groups excluding carboxylic acids is 2. The Kier molecular flexibility index (Phi) is 13.2. The molecule has 1 heterocycles. The molecule has 0 spiro atoms. The molecule has 13 nitrogen and oxygen atoms in total. The molecule has 1 aromatic heterocycles. The fourth-order valence-corrected chi connectivity index (χ4v) is 8.34. The van der Waals surface area contributed by atoms with Crippen LogP contribution in [0.15, 0.2) is 94.3 Å². The molecule has 2 fully saturated rings. The molecule has 6 rings (SSSR count). The number of carboxylic acid groups (broad SMARTS) is 1. The number of ether oxygens (including phenoxy) is 2. The number of anilines is 1. The molecule has 2 amide bonds. The minimum absolute atomic E-state index is 0.0298. The van der Waals surface area contributed by atoms with E-state index in [1.54, 1.807) is 0 Å². The molecule has 2 aliphatic carbocycles. The maximum Gasteiger partial charge on any atom is 0.336 e. The van der Waals surface area contributed by atoms with Crippen molar-refractivity contribution in [2.24, 2.45) is 0 Å².